The molecule has 4 heterocycles. The van der Waals surface area contributed by atoms with Gasteiger partial charge in [-0.2, -0.15) is 0 Å². The number of aliphatic hydroxyl groups excluding tert-OH is 2. The Labute approximate surface area is 150 Å². The van der Waals surface area contributed by atoms with E-state index < -0.39 is 20.5 Å². The predicted octanol–water partition coefficient (Wildman–Crippen LogP) is 1.31. The SMILES string of the molecule is O=[PH](Oc1ccc2c(n1)C(O)CNC2)Oc1ccc2c(n1)C(O)CCN2. The Kier molecular flexibility index (Phi) is 4.78. The Morgan fingerprint density at radius 2 is 1.77 bits per heavy atom. The normalized spacial score (nSPS) is 22.5. The van der Waals surface area contributed by atoms with E-state index in [0.717, 1.165) is 11.3 Å². The fourth-order valence-corrected chi connectivity index (χ4v) is 3.62. The number of rotatable bonds is 4. The van der Waals surface area contributed by atoms with Gasteiger partial charge in [-0.3, -0.25) is 0 Å². The Morgan fingerprint density at radius 3 is 2.58 bits per heavy atom. The van der Waals surface area contributed by atoms with Crippen LogP contribution in [0.5, 0.6) is 11.8 Å². The molecule has 2 aromatic heterocycles. The minimum absolute atomic E-state index is 0.109. The summed E-state index contributed by atoms with van der Waals surface area (Å²) in [6, 6.07) is 6.63. The molecule has 0 fully saturated rings. The lowest BCUT2D eigenvalue weighted by Crippen LogP contribution is -2.28. The van der Waals surface area contributed by atoms with E-state index in [2.05, 4.69) is 20.6 Å². The van der Waals surface area contributed by atoms with Gasteiger partial charge in [0.25, 0.3) is 0 Å². The molecule has 138 valence electrons. The smallest absolute Gasteiger partial charge is 0.399 e. The maximum absolute atomic E-state index is 12.2. The molecule has 0 saturated carbocycles. The number of nitrogens with zero attached hydrogens (tertiary/aromatic N) is 2. The van der Waals surface area contributed by atoms with Crippen LogP contribution in [0.3, 0.4) is 0 Å². The molecular weight excluding hydrogens is 359 g/mol. The molecule has 2 aromatic rings. The molecular formula is C16H19N4O5P. The molecule has 10 heteroatoms. The van der Waals surface area contributed by atoms with Crippen LogP contribution in [0, 0.1) is 0 Å². The van der Waals surface area contributed by atoms with Crippen molar-refractivity contribution in [2.75, 3.05) is 18.4 Å². The van der Waals surface area contributed by atoms with Crippen molar-refractivity contribution < 1.29 is 23.8 Å². The Morgan fingerprint density at radius 1 is 1.04 bits per heavy atom. The van der Waals surface area contributed by atoms with Gasteiger partial charge in [0.05, 0.1) is 23.2 Å². The van der Waals surface area contributed by atoms with E-state index in [0.29, 0.717) is 37.4 Å². The first-order valence-corrected chi connectivity index (χ1v) is 9.54. The largest absolute Gasteiger partial charge is 0.421 e. The van der Waals surface area contributed by atoms with Gasteiger partial charge in [-0.15, -0.1) is 0 Å². The first kappa shape index (κ1) is 17.2. The lowest BCUT2D eigenvalue weighted by molar-refractivity contribution is 0.159. The van der Waals surface area contributed by atoms with E-state index in [1.54, 1.807) is 24.3 Å². The van der Waals surface area contributed by atoms with Crippen molar-refractivity contribution in [3.8, 4) is 11.8 Å². The van der Waals surface area contributed by atoms with Gasteiger partial charge in [0.15, 0.2) is 0 Å². The topological polar surface area (TPSA) is 126 Å². The average molecular weight is 378 g/mol. The van der Waals surface area contributed by atoms with Crippen molar-refractivity contribution in [2.45, 2.75) is 25.2 Å². The molecule has 0 aromatic carbocycles. The molecule has 0 radical (unpaired) electrons. The molecule has 3 unspecified atom stereocenters. The minimum Gasteiger partial charge on any atom is -0.399 e. The summed E-state index contributed by atoms with van der Waals surface area (Å²) >= 11 is 0. The van der Waals surface area contributed by atoms with Crippen LogP contribution in [0.4, 0.5) is 5.69 Å². The zero-order valence-electron chi connectivity index (χ0n) is 13.8. The van der Waals surface area contributed by atoms with Gasteiger partial charge in [-0.1, -0.05) is 6.07 Å². The van der Waals surface area contributed by atoms with Crippen molar-refractivity contribution in [1.29, 1.82) is 0 Å². The van der Waals surface area contributed by atoms with Gasteiger partial charge >= 0.3 is 8.25 Å². The highest BCUT2D eigenvalue weighted by atomic mass is 31.1. The zero-order chi connectivity index (χ0) is 18.1. The molecule has 0 bridgehead atoms. The van der Waals surface area contributed by atoms with Gasteiger partial charge < -0.3 is 29.9 Å². The van der Waals surface area contributed by atoms with Gasteiger partial charge in [-0.05, 0) is 18.1 Å². The number of hydrogen-bond acceptors (Lipinski definition) is 9. The van der Waals surface area contributed by atoms with Crippen LogP contribution >= 0.6 is 8.25 Å². The van der Waals surface area contributed by atoms with Gasteiger partial charge in [0.1, 0.15) is 6.10 Å². The Balaban J connectivity index is 1.46. The molecule has 9 nitrogen and oxygen atoms in total. The molecule has 26 heavy (non-hydrogen) atoms. The molecule has 4 rings (SSSR count). The van der Waals surface area contributed by atoms with Gasteiger partial charge in [0.2, 0.25) is 11.8 Å². The summed E-state index contributed by atoms with van der Waals surface area (Å²) in [5.41, 5.74) is 2.58. The number of fused-ring (bicyclic) bond motifs is 2. The summed E-state index contributed by atoms with van der Waals surface area (Å²) in [5, 5.41) is 26.2. The van der Waals surface area contributed by atoms with E-state index >= 15 is 0 Å². The zero-order valence-corrected chi connectivity index (χ0v) is 14.8. The summed E-state index contributed by atoms with van der Waals surface area (Å²) in [7, 11) is -2.95. The highest BCUT2D eigenvalue weighted by molar-refractivity contribution is 7.34. The van der Waals surface area contributed by atoms with Crippen LogP contribution in [0.1, 0.15) is 35.6 Å². The van der Waals surface area contributed by atoms with Crippen LogP contribution in [-0.2, 0) is 11.1 Å². The third-order valence-corrected chi connectivity index (χ3v) is 5.03. The molecule has 0 spiro atoms. The van der Waals surface area contributed by atoms with E-state index in [9.17, 15) is 14.8 Å². The number of hydrogen-bond donors (Lipinski definition) is 4. The van der Waals surface area contributed by atoms with Crippen LogP contribution < -0.4 is 19.7 Å². The Hall–Kier alpha value is -2.19. The highest BCUT2D eigenvalue weighted by Gasteiger charge is 2.22. The van der Waals surface area contributed by atoms with E-state index in [-0.39, 0.29) is 11.8 Å². The summed E-state index contributed by atoms with van der Waals surface area (Å²) in [4.78, 5) is 8.42. The first-order chi connectivity index (χ1) is 12.6. The molecule has 4 N–H and O–H groups in total. The molecule has 2 aliphatic rings. The molecule has 2 aliphatic heterocycles. The maximum atomic E-state index is 12.2. The van der Waals surface area contributed by atoms with Crippen LogP contribution in [0.15, 0.2) is 24.3 Å². The number of β-amino-alcohol motifs (C(OH)–C–C–N with tert-alkyl or cyclic N) is 1. The van der Waals surface area contributed by atoms with Crippen molar-refractivity contribution in [1.82, 2.24) is 15.3 Å². The monoisotopic (exact) mass is 378 g/mol. The lowest BCUT2D eigenvalue weighted by atomic mass is 10.1. The molecule has 0 aliphatic carbocycles. The second kappa shape index (κ2) is 7.20. The maximum Gasteiger partial charge on any atom is 0.421 e. The summed E-state index contributed by atoms with van der Waals surface area (Å²) in [6.07, 6.45) is -0.872. The number of anilines is 1. The fraction of sp³-hybridized carbons (Fsp3) is 0.375. The first-order valence-electron chi connectivity index (χ1n) is 8.31. The number of pyridine rings is 2. The third kappa shape index (κ3) is 3.52. The standard InChI is InChI=1S/C16H19N4O5P/c21-11-5-6-18-10-2-4-14(20-16(10)11)25-26(23)24-13-3-1-9-7-17-8-12(22)15(9)19-13/h1-4,11-12,17-18,21-22,26H,5-8H2. The molecule has 0 amide bonds. The number of nitrogens with one attached hydrogen (secondary N) is 2. The second-order valence-electron chi connectivity index (χ2n) is 6.11. The van der Waals surface area contributed by atoms with Crippen LogP contribution in [-0.4, -0.2) is 33.3 Å². The van der Waals surface area contributed by atoms with E-state index in [1.165, 1.54) is 0 Å². The summed E-state index contributed by atoms with van der Waals surface area (Å²) < 4.78 is 22.7. The third-order valence-electron chi connectivity index (χ3n) is 4.28. The van der Waals surface area contributed by atoms with Crippen molar-refractivity contribution in [3.05, 3.63) is 41.2 Å². The highest BCUT2D eigenvalue weighted by Crippen LogP contribution is 2.34. The second-order valence-corrected chi connectivity index (χ2v) is 7.02. The fourth-order valence-electron chi connectivity index (χ4n) is 3.01. The quantitative estimate of drug-likeness (QED) is 0.583. The van der Waals surface area contributed by atoms with E-state index in [1.807, 2.05) is 0 Å². The van der Waals surface area contributed by atoms with Gasteiger partial charge in [-0.25, -0.2) is 14.5 Å². The molecule has 0 saturated heterocycles. The number of aromatic nitrogens is 2. The van der Waals surface area contributed by atoms with Crippen LogP contribution in [0.2, 0.25) is 0 Å². The molecule has 3 atom stereocenters. The van der Waals surface area contributed by atoms with Crippen molar-refractivity contribution in [2.24, 2.45) is 0 Å². The Bertz CT molecular complexity index is 782. The summed E-state index contributed by atoms with van der Waals surface area (Å²) in [6.45, 7) is 1.69. The predicted molar refractivity (Wildman–Crippen MR) is 93.5 cm³/mol. The van der Waals surface area contributed by atoms with Crippen molar-refractivity contribution in [3.63, 3.8) is 0 Å². The average Bonchev–Trinajstić information content (AvgIpc) is 2.63. The minimum atomic E-state index is -2.95. The van der Waals surface area contributed by atoms with Gasteiger partial charge in [0, 0.05) is 31.8 Å². The lowest BCUT2D eigenvalue weighted by Gasteiger charge is -2.22. The van der Waals surface area contributed by atoms with Crippen LogP contribution in [0.25, 0.3) is 0 Å². The van der Waals surface area contributed by atoms with E-state index in [4.69, 9.17) is 9.05 Å². The number of aliphatic hydroxyl groups is 2. The van der Waals surface area contributed by atoms with Crippen molar-refractivity contribution >= 4 is 13.9 Å². The summed E-state index contributed by atoms with van der Waals surface area (Å²) in [5.74, 6) is 0.228.